The lowest BCUT2D eigenvalue weighted by Crippen LogP contribution is -2.12. The van der Waals surface area contributed by atoms with Crippen molar-refractivity contribution >= 4 is 28.5 Å². The molecule has 0 N–H and O–H groups in total. The lowest BCUT2D eigenvalue weighted by Gasteiger charge is -2.25. The van der Waals surface area contributed by atoms with Crippen LogP contribution in [0.15, 0.2) is 109 Å². The Bertz CT molecular complexity index is 1120. The fourth-order valence-corrected chi connectivity index (χ4v) is 4.02. The maximum atomic E-state index is 4.89. The molecular formula is C24H18N4S. The molecule has 140 valence electrons. The summed E-state index contributed by atoms with van der Waals surface area (Å²) in [6.07, 6.45) is 3.66. The quantitative estimate of drug-likeness (QED) is 0.343. The number of aromatic nitrogens is 3. The Balaban J connectivity index is 1.64. The first kappa shape index (κ1) is 17.4. The molecule has 0 saturated carbocycles. The molecule has 0 spiro atoms. The van der Waals surface area contributed by atoms with E-state index in [9.17, 15) is 0 Å². The highest BCUT2D eigenvalue weighted by molar-refractivity contribution is 7.13. The number of thiophene rings is 1. The second kappa shape index (κ2) is 7.73. The Morgan fingerprint density at radius 1 is 0.759 bits per heavy atom. The fourth-order valence-electron chi connectivity index (χ4n) is 3.30. The molecule has 0 aliphatic rings. The zero-order valence-electron chi connectivity index (χ0n) is 15.6. The molecule has 0 saturated heterocycles. The van der Waals surface area contributed by atoms with Gasteiger partial charge in [-0.25, -0.2) is 9.67 Å². The minimum Gasteiger partial charge on any atom is -0.295 e. The van der Waals surface area contributed by atoms with Gasteiger partial charge in [0.1, 0.15) is 5.82 Å². The number of anilines is 3. The van der Waals surface area contributed by atoms with Crippen LogP contribution in [-0.2, 0) is 0 Å². The zero-order chi connectivity index (χ0) is 19.5. The van der Waals surface area contributed by atoms with Gasteiger partial charge in [-0.15, -0.1) is 11.3 Å². The number of hydrogen-bond donors (Lipinski definition) is 0. The monoisotopic (exact) mass is 394 g/mol. The van der Waals surface area contributed by atoms with Crippen LogP contribution < -0.4 is 4.90 Å². The van der Waals surface area contributed by atoms with Crippen LogP contribution in [-0.4, -0.2) is 14.8 Å². The minimum absolute atomic E-state index is 0.780. The summed E-state index contributed by atoms with van der Waals surface area (Å²) in [7, 11) is 0. The Labute approximate surface area is 173 Å². The molecular weight excluding hydrogens is 376 g/mol. The highest BCUT2D eigenvalue weighted by Crippen LogP contribution is 2.36. The maximum Gasteiger partial charge on any atom is 0.155 e. The van der Waals surface area contributed by atoms with Gasteiger partial charge < -0.3 is 0 Å². The second-order valence-electron chi connectivity index (χ2n) is 6.50. The highest BCUT2D eigenvalue weighted by Gasteiger charge is 2.15. The average molecular weight is 395 g/mol. The van der Waals surface area contributed by atoms with Gasteiger partial charge in [0.15, 0.2) is 5.82 Å². The van der Waals surface area contributed by atoms with Crippen molar-refractivity contribution in [1.82, 2.24) is 14.8 Å². The van der Waals surface area contributed by atoms with Crippen molar-refractivity contribution < 1.29 is 0 Å². The van der Waals surface area contributed by atoms with E-state index in [-0.39, 0.29) is 0 Å². The molecule has 0 aliphatic carbocycles. The SMILES string of the molecule is c1ccc(N(c2cccc(-c3cccs3)c2)c2cccc(-n3cccn3)n2)cc1. The summed E-state index contributed by atoms with van der Waals surface area (Å²) in [5.74, 6) is 1.62. The first-order valence-corrected chi connectivity index (χ1v) is 10.2. The molecule has 0 bridgehead atoms. The predicted molar refractivity (Wildman–Crippen MR) is 119 cm³/mol. The third-order valence-corrected chi connectivity index (χ3v) is 5.53. The van der Waals surface area contributed by atoms with E-state index in [1.54, 1.807) is 22.2 Å². The smallest absolute Gasteiger partial charge is 0.155 e. The summed E-state index contributed by atoms with van der Waals surface area (Å²) in [6.45, 7) is 0. The van der Waals surface area contributed by atoms with Gasteiger partial charge in [0.25, 0.3) is 0 Å². The standard InChI is InChI=1S/C24H18N4S/c1-2-9-20(10-3-1)28(21-11-4-8-19(18-21)22-12-6-17-29-22)24-14-5-13-23(26-24)27-16-7-15-25-27/h1-18H. The highest BCUT2D eigenvalue weighted by atomic mass is 32.1. The molecule has 5 rings (SSSR count). The Hall–Kier alpha value is -3.70. The largest absolute Gasteiger partial charge is 0.295 e. The molecule has 0 radical (unpaired) electrons. The second-order valence-corrected chi connectivity index (χ2v) is 7.45. The summed E-state index contributed by atoms with van der Waals surface area (Å²) in [6, 6.07) is 31.0. The van der Waals surface area contributed by atoms with Crippen LogP contribution in [0.2, 0.25) is 0 Å². The van der Waals surface area contributed by atoms with Gasteiger partial charge in [0.05, 0.1) is 0 Å². The van der Waals surface area contributed by atoms with Crippen LogP contribution >= 0.6 is 11.3 Å². The molecule has 3 aromatic heterocycles. The first-order valence-electron chi connectivity index (χ1n) is 9.35. The molecule has 0 aliphatic heterocycles. The number of hydrogen-bond acceptors (Lipinski definition) is 4. The molecule has 29 heavy (non-hydrogen) atoms. The number of pyridine rings is 1. The third kappa shape index (κ3) is 3.56. The number of benzene rings is 2. The summed E-state index contributed by atoms with van der Waals surface area (Å²) in [4.78, 5) is 8.31. The van der Waals surface area contributed by atoms with E-state index in [1.807, 2.05) is 48.7 Å². The molecule has 3 heterocycles. The van der Waals surface area contributed by atoms with E-state index in [2.05, 4.69) is 63.9 Å². The summed E-state index contributed by atoms with van der Waals surface area (Å²) < 4.78 is 1.77. The predicted octanol–water partition coefficient (Wildman–Crippen LogP) is 6.47. The van der Waals surface area contributed by atoms with Gasteiger partial charge >= 0.3 is 0 Å². The molecule has 0 unspecified atom stereocenters. The first-order chi connectivity index (χ1) is 14.4. The lowest BCUT2D eigenvalue weighted by atomic mass is 10.1. The van der Waals surface area contributed by atoms with Crippen LogP contribution in [0.3, 0.4) is 0 Å². The van der Waals surface area contributed by atoms with Crippen molar-refractivity contribution in [2.24, 2.45) is 0 Å². The van der Waals surface area contributed by atoms with Crippen LogP contribution in [0.1, 0.15) is 0 Å². The summed E-state index contributed by atoms with van der Waals surface area (Å²) in [5.41, 5.74) is 3.31. The summed E-state index contributed by atoms with van der Waals surface area (Å²) >= 11 is 1.74. The van der Waals surface area contributed by atoms with Crippen molar-refractivity contribution in [2.75, 3.05) is 4.90 Å². The Morgan fingerprint density at radius 2 is 1.62 bits per heavy atom. The van der Waals surface area contributed by atoms with E-state index in [0.29, 0.717) is 0 Å². The lowest BCUT2D eigenvalue weighted by molar-refractivity contribution is 0.846. The van der Waals surface area contributed by atoms with Gasteiger partial charge in [-0.3, -0.25) is 4.90 Å². The molecule has 0 amide bonds. The molecule has 4 nitrogen and oxygen atoms in total. The number of rotatable bonds is 5. The van der Waals surface area contributed by atoms with Gasteiger partial charge in [-0.05, 0) is 59.5 Å². The van der Waals surface area contributed by atoms with Crippen LogP contribution in [0, 0.1) is 0 Å². The van der Waals surface area contributed by atoms with E-state index in [4.69, 9.17) is 4.98 Å². The van der Waals surface area contributed by atoms with Crippen LogP contribution in [0.25, 0.3) is 16.3 Å². The minimum atomic E-state index is 0.780. The average Bonchev–Trinajstić information content (AvgIpc) is 3.50. The van der Waals surface area contributed by atoms with E-state index in [1.165, 1.54) is 10.4 Å². The van der Waals surface area contributed by atoms with E-state index >= 15 is 0 Å². The van der Waals surface area contributed by atoms with Crippen molar-refractivity contribution in [3.63, 3.8) is 0 Å². The van der Waals surface area contributed by atoms with Crippen molar-refractivity contribution in [3.05, 3.63) is 109 Å². The molecule has 0 fully saturated rings. The van der Waals surface area contributed by atoms with E-state index in [0.717, 1.165) is 23.0 Å². The fraction of sp³-hybridized carbons (Fsp3) is 0. The summed E-state index contributed by atoms with van der Waals surface area (Å²) in [5, 5.41) is 6.42. The molecule has 5 aromatic rings. The van der Waals surface area contributed by atoms with Gasteiger partial charge in [-0.2, -0.15) is 5.10 Å². The topological polar surface area (TPSA) is 34.0 Å². The number of para-hydroxylation sites is 1. The third-order valence-electron chi connectivity index (χ3n) is 4.61. The van der Waals surface area contributed by atoms with Gasteiger partial charge in [0.2, 0.25) is 0 Å². The normalized spacial score (nSPS) is 10.8. The Morgan fingerprint density at radius 3 is 2.41 bits per heavy atom. The molecule has 2 aromatic carbocycles. The maximum absolute atomic E-state index is 4.89. The zero-order valence-corrected chi connectivity index (χ0v) is 16.4. The Kier molecular flexibility index (Phi) is 4.64. The molecule has 5 heteroatoms. The van der Waals surface area contributed by atoms with Gasteiger partial charge in [0, 0.05) is 28.6 Å². The van der Waals surface area contributed by atoms with Crippen molar-refractivity contribution in [2.45, 2.75) is 0 Å². The van der Waals surface area contributed by atoms with E-state index < -0.39 is 0 Å². The van der Waals surface area contributed by atoms with Crippen LogP contribution in [0.5, 0.6) is 0 Å². The number of nitrogens with zero attached hydrogens (tertiary/aromatic N) is 4. The van der Waals surface area contributed by atoms with Crippen LogP contribution in [0.4, 0.5) is 17.2 Å². The molecule has 0 atom stereocenters. The van der Waals surface area contributed by atoms with Crippen molar-refractivity contribution in [3.8, 4) is 16.3 Å². The van der Waals surface area contributed by atoms with Crippen molar-refractivity contribution in [1.29, 1.82) is 0 Å². The van der Waals surface area contributed by atoms with Gasteiger partial charge in [-0.1, -0.05) is 42.5 Å².